The van der Waals surface area contributed by atoms with Crippen molar-refractivity contribution in [3.05, 3.63) is 12.2 Å². The number of hydrogen-bond donors (Lipinski definition) is 0. The molecule has 2 amide bonds. The molecule has 0 aliphatic carbocycles. The molecule has 0 saturated carbocycles. The summed E-state index contributed by atoms with van der Waals surface area (Å²) in [5.74, 6) is 1.28. The van der Waals surface area contributed by atoms with E-state index in [2.05, 4.69) is 10.2 Å². The number of rotatable bonds is 5. The second-order valence-electron chi connectivity index (χ2n) is 7.38. The van der Waals surface area contributed by atoms with Crippen LogP contribution in [0.3, 0.4) is 0 Å². The standard InChI is InChI=1S/C16H27N5O2/c1-16(2,3)21-10-12(8-15(21)23)9-19(4)14(22)7-6-13-18-17-11-20(13)5/h11-12H,6-10H2,1-5H3. The second-order valence-corrected chi connectivity index (χ2v) is 7.38. The molecule has 0 bridgehead atoms. The smallest absolute Gasteiger partial charge is 0.223 e. The van der Waals surface area contributed by atoms with Crippen LogP contribution in [0, 0.1) is 5.92 Å². The summed E-state index contributed by atoms with van der Waals surface area (Å²) in [6.07, 6.45) is 3.15. The summed E-state index contributed by atoms with van der Waals surface area (Å²) >= 11 is 0. The summed E-state index contributed by atoms with van der Waals surface area (Å²) in [6, 6.07) is 0. The fourth-order valence-corrected chi connectivity index (χ4v) is 2.98. The molecule has 2 rings (SSSR count). The molecule has 1 saturated heterocycles. The van der Waals surface area contributed by atoms with Gasteiger partial charge in [-0.2, -0.15) is 0 Å². The van der Waals surface area contributed by atoms with E-state index in [0.29, 0.717) is 25.8 Å². The zero-order valence-electron chi connectivity index (χ0n) is 14.7. The molecule has 1 unspecified atom stereocenters. The van der Waals surface area contributed by atoms with Gasteiger partial charge >= 0.3 is 0 Å². The number of aryl methyl sites for hydroxylation is 2. The van der Waals surface area contributed by atoms with Gasteiger partial charge in [-0.25, -0.2) is 0 Å². The van der Waals surface area contributed by atoms with Crippen molar-refractivity contribution in [1.29, 1.82) is 0 Å². The van der Waals surface area contributed by atoms with Gasteiger partial charge in [0.2, 0.25) is 11.8 Å². The minimum atomic E-state index is -0.153. The van der Waals surface area contributed by atoms with Crippen molar-refractivity contribution in [3.8, 4) is 0 Å². The molecule has 0 radical (unpaired) electrons. The highest BCUT2D eigenvalue weighted by atomic mass is 16.2. The van der Waals surface area contributed by atoms with E-state index in [0.717, 1.165) is 12.4 Å². The summed E-state index contributed by atoms with van der Waals surface area (Å²) in [5.41, 5.74) is -0.153. The first-order chi connectivity index (χ1) is 10.7. The van der Waals surface area contributed by atoms with Crippen LogP contribution >= 0.6 is 0 Å². The summed E-state index contributed by atoms with van der Waals surface area (Å²) < 4.78 is 1.82. The SMILES string of the molecule is CN(CC1CC(=O)N(C(C)(C)C)C1)C(=O)CCc1nncn1C. The van der Waals surface area contributed by atoms with E-state index in [1.807, 2.05) is 44.3 Å². The van der Waals surface area contributed by atoms with E-state index in [4.69, 9.17) is 0 Å². The molecule has 2 heterocycles. The van der Waals surface area contributed by atoms with Gasteiger partial charge in [0.05, 0.1) is 0 Å². The third-order valence-corrected chi connectivity index (χ3v) is 4.34. The van der Waals surface area contributed by atoms with Gasteiger partial charge < -0.3 is 14.4 Å². The molecule has 23 heavy (non-hydrogen) atoms. The molecular weight excluding hydrogens is 294 g/mol. The van der Waals surface area contributed by atoms with Crippen molar-refractivity contribution >= 4 is 11.8 Å². The lowest BCUT2D eigenvalue weighted by atomic mass is 10.1. The van der Waals surface area contributed by atoms with E-state index in [-0.39, 0.29) is 23.3 Å². The van der Waals surface area contributed by atoms with Crippen LogP contribution in [0.1, 0.15) is 39.4 Å². The molecule has 1 aliphatic rings. The van der Waals surface area contributed by atoms with Crippen LogP contribution in [-0.2, 0) is 23.1 Å². The molecule has 0 spiro atoms. The van der Waals surface area contributed by atoms with Gasteiger partial charge in [0.25, 0.3) is 0 Å². The lowest BCUT2D eigenvalue weighted by Gasteiger charge is -2.32. The minimum Gasteiger partial charge on any atom is -0.345 e. The number of amides is 2. The molecule has 128 valence electrons. The fourth-order valence-electron chi connectivity index (χ4n) is 2.98. The predicted molar refractivity (Wildman–Crippen MR) is 86.5 cm³/mol. The lowest BCUT2D eigenvalue weighted by Crippen LogP contribution is -2.43. The van der Waals surface area contributed by atoms with E-state index in [1.165, 1.54) is 0 Å². The fraction of sp³-hybridized carbons (Fsp3) is 0.750. The average molecular weight is 321 g/mol. The molecule has 0 aromatic carbocycles. The van der Waals surface area contributed by atoms with Crippen molar-refractivity contribution < 1.29 is 9.59 Å². The maximum absolute atomic E-state index is 12.3. The number of likely N-dealkylation sites (tertiary alicyclic amines) is 1. The third-order valence-electron chi connectivity index (χ3n) is 4.34. The Labute approximate surface area is 137 Å². The Morgan fingerprint density at radius 3 is 2.65 bits per heavy atom. The average Bonchev–Trinajstić information content (AvgIpc) is 3.01. The predicted octanol–water partition coefficient (Wildman–Crippen LogP) is 0.853. The molecule has 7 nitrogen and oxygen atoms in total. The summed E-state index contributed by atoms with van der Waals surface area (Å²) in [5, 5.41) is 7.80. The van der Waals surface area contributed by atoms with Crippen molar-refractivity contribution in [2.45, 2.75) is 45.6 Å². The van der Waals surface area contributed by atoms with Crippen molar-refractivity contribution in [3.63, 3.8) is 0 Å². The van der Waals surface area contributed by atoms with Crippen LogP contribution in [0.15, 0.2) is 6.33 Å². The van der Waals surface area contributed by atoms with Crippen LogP contribution in [0.5, 0.6) is 0 Å². The number of hydrogen-bond acceptors (Lipinski definition) is 4. The van der Waals surface area contributed by atoms with Crippen LogP contribution < -0.4 is 0 Å². The molecular formula is C16H27N5O2. The Morgan fingerprint density at radius 2 is 2.13 bits per heavy atom. The zero-order chi connectivity index (χ0) is 17.2. The van der Waals surface area contributed by atoms with Gasteiger partial charge in [-0.15, -0.1) is 10.2 Å². The van der Waals surface area contributed by atoms with Gasteiger partial charge in [0, 0.05) is 57.9 Å². The van der Waals surface area contributed by atoms with Crippen LogP contribution in [0.4, 0.5) is 0 Å². The Bertz CT molecular complexity index is 575. The Kier molecular flexibility index (Phi) is 5.06. The lowest BCUT2D eigenvalue weighted by molar-refractivity contribution is -0.132. The van der Waals surface area contributed by atoms with Gasteiger partial charge in [0.1, 0.15) is 12.2 Å². The highest BCUT2D eigenvalue weighted by Gasteiger charge is 2.36. The summed E-state index contributed by atoms with van der Waals surface area (Å²) in [7, 11) is 3.68. The van der Waals surface area contributed by atoms with E-state index >= 15 is 0 Å². The molecule has 1 aromatic rings. The zero-order valence-corrected chi connectivity index (χ0v) is 14.7. The number of carbonyl (C=O) groups excluding carboxylic acids is 2. The van der Waals surface area contributed by atoms with E-state index in [9.17, 15) is 9.59 Å². The Hall–Kier alpha value is -1.92. The monoisotopic (exact) mass is 321 g/mol. The molecule has 1 aromatic heterocycles. The van der Waals surface area contributed by atoms with Gasteiger partial charge in [-0.05, 0) is 20.8 Å². The normalized spacial score (nSPS) is 18.6. The maximum atomic E-state index is 12.3. The highest BCUT2D eigenvalue weighted by molar-refractivity contribution is 5.80. The topological polar surface area (TPSA) is 71.3 Å². The second kappa shape index (κ2) is 6.68. The molecule has 1 atom stereocenters. The molecule has 0 N–H and O–H groups in total. The first kappa shape index (κ1) is 17.4. The van der Waals surface area contributed by atoms with Gasteiger partial charge in [0.15, 0.2) is 0 Å². The number of nitrogens with zero attached hydrogens (tertiary/aromatic N) is 5. The van der Waals surface area contributed by atoms with Crippen LogP contribution in [-0.4, -0.2) is 62.1 Å². The van der Waals surface area contributed by atoms with E-state index < -0.39 is 0 Å². The maximum Gasteiger partial charge on any atom is 0.223 e. The third kappa shape index (κ3) is 4.30. The van der Waals surface area contributed by atoms with E-state index in [1.54, 1.807) is 11.2 Å². The van der Waals surface area contributed by atoms with Crippen LogP contribution in [0.2, 0.25) is 0 Å². The number of aromatic nitrogens is 3. The quantitative estimate of drug-likeness (QED) is 0.806. The number of carbonyl (C=O) groups is 2. The van der Waals surface area contributed by atoms with Crippen molar-refractivity contribution in [2.75, 3.05) is 20.1 Å². The Morgan fingerprint density at radius 1 is 1.43 bits per heavy atom. The van der Waals surface area contributed by atoms with Gasteiger partial charge in [-0.1, -0.05) is 0 Å². The van der Waals surface area contributed by atoms with Crippen LogP contribution in [0.25, 0.3) is 0 Å². The van der Waals surface area contributed by atoms with Crippen molar-refractivity contribution in [1.82, 2.24) is 24.6 Å². The first-order valence-corrected chi connectivity index (χ1v) is 8.05. The molecule has 1 fully saturated rings. The minimum absolute atomic E-state index is 0.0784. The summed E-state index contributed by atoms with van der Waals surface area (Å²) in [6.45, 7) is 7.48. The molecule has 1 aliphatic heterocycles. The molecule has 7 heteroatoms. The van der Waals surface area contributed by atoms with Crippen molar-refractivity contribution in [2.24, 2.45) is 13.0 Å². The highest BCUT2D eigenvalue weighted by Crippen LogP contribution is 2.26. The first-order valence-electron chi connectivity index (χ1n) is 8.05. The largest absolute Gasteiger partial charge is 0.345 e. The van der Waals surface area contributed by atoms with Gasteiger partial charge in [-0.3, -0.25) is 9.59 Å². The Balaban J connectivity index is 1.82. The summed E-state index contributed by atoms with van der Waals surface area (Å²) in [4.78, 5) is 28.0.